The van der Waals surface area contributed by atoms with Gasteiger partial charge in [0.2, 0.25) is 0 Å². The first-order valence-electron chi connectivity index (χ1n) is 9.32. The number of carbonyl (C=O) groups is 1. The molecule has 6 nitrogen and oxygen atoms in total. The molecule has 0 radical (unpaired) electrons. The zero-order chi connectivity index (χ0) is 20.6. The summed E-state index contributed by atoms with van der Waals surface area (Å²) in [4.78, 5) is 24.0. The number of aryl methyl sites for hydroxylation is 2. The summed E-state index contributed by atoms with van der Waals surface area (Å²) in [6, 6.07) is 18.2. The number of nitrogens with one attached hydrogen (secondary N) is 1. The molecule has 150 valence electrons. The van der Waals surface area contributed by atoms with Crippen molar-refractivity contribution in [3.63, 3.8) is 0 Å². The third-order valence-electron chi connectivity index (χ3n) is 4.28. The molecule has 0 unspecified atom stereocenters. The van der Waals surface area contributed by atoms with Crippen LogP contribution in [-0.2, 0) is 11.3 Å². The third kappa shape index (κ3) is 5.93. The second kappa shape index (κ2) is 9.89. The van der Waals surface area contributed by atoms with Gasteiger partial charge in [-0.3, -0.25) is 9.59 Å². The highest BCUT2D eigenvalue weighted by Crippen LogP contribution is 2.22. The molecule has 0 atom stereocenters. The summed E-state index contributed by atoms with van der Waals surface area (Å²) in [7, 11) is 0. The molecule has 1 aromatic heterocycles. The van der Waals surface area contributed by atoms with E-state index in [1.807, 2.05) is 31.2 Å². The maximum atomic E-state index is 12.1. The van der Waals surface area contributed by atoms with E-state index in [-0.39, 0.29) is 18.1 Å². The molecule has 1 heterocycles. The van der Waals surface area contributed by atoms with Gasteiger partial charge in [0.05, 0.1) is 10.7 Å². The van der Waals surface area contributed by atoms with Gasteiger partial charge in [-0.1, -0.05) is 53.6 Å². The fourth-order valence-electron chi connectivity index (χ4n) is 2.70. The van der Waals surface area contributed by atoms with Gasteiger partial charge in [0.15, 0.2) is 6.61 Å². The number of amides is 1. The second-order valence-electron chi connectivity index (χ2n) is 6.57. The van der Waals surface area contributed by atoms with Gasteiger partial charge < -0.3 is 10.1 Å². The molecule has 0 aliphatic carbocycles. The van der Waals surface area contributed by atoms with Gasteiger partial charge in [0.25, 0.3) is 11.5 Å². The van der Waals surface area contributed by atoms with E-state index in [0.29, 0.717) is 30.3 Å². The zero-order valence-corrected chi connectivity index (χ0v) is 16.9. The molecule has 0 spiro atoms. The lowest BCUT2D eigenvalue weighted by atomic mass is 10.1. The van der Waals surface area contributed by atoms with Gasteiger partial charge >= 0.3 is 0 Å². The largest absolute Gasteiger partial charge is 0.482 e. The number of benzene rings is 2. The first-order valence-corrected chi connectivity index (χ1v) is 9.70. The van der Waals surface area contributed by atoms with Crippen molar-refractivity contribution in [2.24, 2.45) is 0 Å². The van der Waals surface area contributed by atoms with Crippen molar-refractivity contribution in [3.05, 3.63) is 81.6 Å². The number of hydrogen-bond donors (Lipinski definition) is 1. The van der Waals surface area contributed by atoms with Crippen molar-refractivity contribution in [2.75, 3.05) is 13.2 Å². The van der Waals surface area contributed by atoms with Crippen LogP contribution in [0.5, 0.6) is 5.75 Å². The summed E-state index contributed by atoms with van der Waals surface area (Å²) >= 11 is 5.99. The minimum absolute atomic E-state index is 0.120. The Bertz CT molecular complexity index is 1030. The fraction of sp³-hybridized carbons (Fsp3) is 0.227. The molecule has 0 aliphatic heterocycles. The summed E-state index contributed by atoms with van der Waals surface area (Å²) in [5.41, 5.74) is 2.68. The van der Waals surface area contributed by atoms with Crippen molar-refractivity contribution in [3.8, 4) is 17.0 Å². The van der Waals surface area contributed by atoms with Crippen molar-refractivity contribution >= 4 is 17.5 Å². The highest BCUT2D eigenvalue weighted by molar-refractivity contribution is 6.32. The fourth-order valence-corrected chi connectivity index (χ4v) is 2.89. The van der Waals surface area contributed by atoms with Crippen LogP contribution in [0.1, 0.15) is 12.0 Å². The topological polar surface area (TPSA) is 73.2 Å². The first kappa shape index (κ1) is 20.6. The van der Waals surface area contributed by atoms with E-state index in [2.05, 4.69) is 10.4 Å². The second-order valence-corrected chi connectivity index (χ2v) is 6.98. The Kier molecular flexibility index (Phi) is 7.03. The molecule has 0 bridgehead atoms. The minimum Gasteiger partial charge on any atom is -0.482 e. The monoisotopic (exact) mass is 411 g/mol. The van der Waals surface area contributed by atoms with E-state index in [9.17, 15) is 9.59 Å². The molecule has 0 saturated carbocycles. The molecule has 1 N–H and O–H groups in total. The summed E-state index contributed by atoms with van der Waals surface area (Å²) in [6.07, 6.45) is 0.572. The maximum Gasteiger partial charge on any atom is 0.266 e. The summed E-state index contributed by atoms with van der Waals surface area (Å²) in [5, 5.41) is 7.65. The molecule has 0 fully saturated rings. The van der Waals surface area contributed by atoms with Crippen LogP contribution in [0, 0.1) is 6.92 Å². The Morgan fingerprint density at radius 1 is 1.10 bits per heavy atom. The van der Waals surface area contributed by atoms with Gasteiger partial charge in [-0.05, 0) is 31.5 Å². The molecule has 1 amide bonds. The molecule has 3 rings (SSSR count). The number of rotatable bonds is 8. The summed E-state index contributed by atoms with van der Waals surface area (Å²) < 4.78 is 6.81. The lowest BCUT2D eigenvalue weighted by molar-refractivity contribution is -0.123. The van der Waals surface area contributed by atoms with E-state index in [1.165, 1.54) is 10.7 Å². The summed E-state index contributed by atoms with van der Waals surface area (Å²) in [5.74, 6) is 0.214. The standard InChI is InChI=1S/C22H22ClN3O3/c1-16-7-9-17(10-8-16)19-11-12-22(28)26(25-19)14-4-13-24-21(27)15-29-20-6-3-2-5-18(20)23/h2-3,5-12H,4,13-15H2,1H3,(H,24,27). The van der Waals surface area contributed by atoms with Crippen LogP contribution in [0.4, 0.5) is 0 Å². The minimum atomic E-state index is -0.251. The van der Waals surface area contributed by atoms with E-state index in [1.54, 1.807) is 30.3 Å². The quantitative estimate of drug-likeness (QED) is 0.576. The highest BCUT2D eigenvalue weighted by atomic mass is 35.5. The van der Waals surface area contributed by atoms with Crippen molar-refractivity contribution in [2.45, 2.75) is 19.9 Å². The van der Waals surface area contributed by atoms with Gasteiger partial charge in [0, 0.05) is 24.7 Å². The molecule has 7 heteroatoms. The Morgan fingerprint density at radius 2 is 1.86 bits per heavy atom. The lowest BCUT2D eigenvalue weighted by Gasteiger charge is -2.10. The SMILES string of the molecule is Cc1ccc(-c2ccc(=O)n(CCCNC(=O)COc3ccccc3Cl)n2)cc1. The predicted octanol–water partition coefficient (Wildman–Crippen LogP) is 3.46. The molecule has 2 aromatic carbocycles. The molecule has 3 aromatic rings. The van der Waals surface area contributed by atoms with Crippen LogP contribution in [0.2, 0.25) is 5.02 Å². The van der Waals surface area contributed by atoms with Crippen LogP contribution >= 0.6 is 11.6 Å². The zero-order valence-electron chi connectivity index (χ0n) is 16.1. The van der Waals surface area contributed by atoms with Gasteiger partial charge in [0.1, 0.15) is 5.75 Å². The molecule has 0 aliphatic rings. The normalized spacial score (nSPS) is 10.6. The highest BCUT2D eigenvalue weighted by Gasteiger charge is 2.06. The van der Waals surface area contributed by atoms with Crippen LogP contribution in [0.15, 0.2) is 65.5 Å². The van der Waals surface area contributed by atoms with Gasteiger partial charge in [-0.2, -0.15) is 5.10 Å². The lowest BCUT2D eigenvalue weighted by Crippen LogP contribution is -2.31. The maximum absolute atomic E-state index is 12.1. The van der Waals surface area contributed by atoms with Crippen LogP contribution in [0.25, 0.3) is 11.3 Å². The summed E-state index contributed by atoms with van der Waals surface area (Å²) in [6.45, 7) is 2.72. The Hall–Kier alpha value is -3.12. The van der Waals surface area contributed by atoms with E-state index in [0.717, 1.165) is 16.8 Å². The molecule has 29 heavy (non-hydrogen) atoms. The third-order valence-corrected chi connectivity index (χ3v) is 4.59. The molecular weight excluding hydrogens is 390 g/mol. The number of hydrogen-bond acceptors (Lipinski definition) is 4. The number of ether oxygens (including phenoxy) is 1. The predicted molar refractivity (Wildman–Crippen MR) is 113 cm³/mol. The van der Waals surface area contributed by atoms with Crippen molar-refractivity contribution < 1.29 is 9.53 Å². The van der Waals surface area contributed by atoms with Crippen LogP contribution in [0.3, 0.4) is 0 Å². The van der Waals surface area contributed by atoms with E-state index < -0.39 is 0 Å². The Morgan fingerprint density at radius 3 is 2.62 bits per heavy atom. The number of aromatic nitrogens is 2. The average molecular weight is 412 g/mol. The average Bonchev–Trinajstić information content (AvgIpc) is 2.72. The number of para-hydroxylation sites is 1. The molecular formula is C22H22ClN3O3. The number of halogens is 1. The van der Waals surface area contributed by atoms with Gasteiger partial charge in [-0.15, -0.1) is 0 Å². The van der Waals surface area contributed by atoms with Crippen LogP contribution in [-0.4, -0.2) is 28.8 Å². The number of nitrogens with zero attached hydrogens (tertiary/aromatic N) is 2. The smallest absolute Gasteiger partial charge is 0.266 e. The first-order chi connectivity index (χ1) is 14.0. The van der Waals surface area contributed by atoms with Crippen LogP contribution < -0.4 is 15.6 Å². The molecule has 0 saturated heterocycles. The van der Waals surface area contributed by atoms with Crippen molar-refractivity contribution in [1.29, 1.82) is 0 Å². The van der Waals surface area contributed by atoms with E-state index in [4.69, 9.17) is 16.3 Å². The Balaban J connectivity index is 1.48. The van der Waals surface area contributed by atoms with E-state index >= 15 is 0 Å². The van der Waals surface area contributed by atoms with Crippen molar-refractivity contribution in [1.82, 2.24) is 15.1 Å². The number of carbonyl (C=O) groups excluding carboxylic acids is 1. The van der Waals surface area contributed by atoms with Gasteiger partial charge in [-0.25, -0.2) is 4.68 Å². The Labute approximate surface area is 174 Å².